The molecular weight excluding hydrogens is 312 g/mol. The molecule has 0 aliphatic carbocycles. The minimum absolute atomic E-state index is 0.377. The van der Waals surface area contributed by atoms with Crippen LogP contribution in [-0.4, -0.2) is 46.5 Å². The van der Waals surface area contributed by atoms with E-state index in [-0.39, 0.29) is 0 Å². The second-order valence-corrected chi connectivity index (χ2v) is 4.98. The van der Waals surface area contributed by atoms with Gasteiger partial charge in [-0.15, -0.1) is 0 Å². The number of H-pyrrole nitrogens is 1. The number of benzene rings is 1. The highest BCUT2D eigenvalue weighted by Crippen LogP contribution is 2.24. The third kappa shape index (κ3) is 3.61. The Kier molecular flexibility index (Phi) is 4.57. The molecule has 8 heteroatoms. The maximum Gasteiger partial charge on any atom is 0.409 e. The summed E-state index contributed by atoms with van der Waals surface area (Å²) in [6.45, 7) is 0.976. The second-order valence-electron chi connectivity index (χ2n) is 4.98. The number of fused-ring (bicyclic) bond motifs is 1. The highest BCUT2D eigenvalue weighted by atomic mass is 16.5. The van der Waals surface area contributed by atoms with Crippen LogP contribution in [0.3, 0.4) is 0 Å². The predicted molar refractivity (Wildman–Crippen MR) is 88.3 cm³/mol. The van der Waals surface area contributed by atoms with Gasteiger partial charge in [0, 0.05) is 12.7 Å². The van der Waals surface area contributed by atoms with E-state index in [1.807, 2.05) is 24.3 Å². The SMILES string of the molecule is COCCOc1cccc(-c2nc3ncc(NC(=O)O)cc3[nH]2)c1. The number of rotatable bonds is 6. The molecule has 0 bridgehead atoms. The predicted octanol–water partition coefficient (Wildman–Crippen LogP) is 2.74. The van der Waals surface area contributed by atoms with Crippen molar-refractivity contribution in [3.63, 3.8) is 0 Å². The van der Waals surface area contributed by atoms with Gasteiger partial charge in [-0.1, -0.05) is 12.1 Å². The fourth-order valence-corrected chi connectivity index (χ4v) is 2.20. The number of aromatic amines is 1. The Morgan fingerprint density at radius 3 is 3.00 bits per heavy atom. The molecule has 0 radical (unpaired) electrons. The summed E-state index contributed by atoms with van der Waals surface area (Å²) in [7, 11) is 1.62. The minimum atomic E-state index is -1.14. The van der Waals surface area contributed by atoms with Crippen LogP contribution in [-0.2, 0) is 4.74 Å². The molecular formula is C16H16N4O4. The molecule has 0 aliphatic heterocycles. The van der Waals surface area contributed by atoms with Gasteiger partial charge in [-0.05, 0) is 18.2 Å². The van der Waals surface area contributed by atoms with Gasteiger partial charge in [0.05, 0.1) is 24.0 Å². The zero-order valence-corrected chi connectivity index (χ0v) is 12.9. The number of anilines is 1. The van der Waals surface area contributed by atoms with Crippen LogP contribution >= 0.6 is 0 Å². The molecule has 3 N–H and O–H groups in total. The van der Waals surface area contributed by atoms with Crippen LogP contribution in [0.25, 0.3) is 22.6 Å². The van der Waals surface area contributed by atoms with Crippen molar-refractivity contribution in [3.05, 3.63) is 36.5 Å². The van der Waals surface area contributed by atoms with Crippen molar-refractivity contribution in [3.8, 4) is 17.1 Å². The topological polar surface area (TPSA) is 109 Å². The quantitative estimate of drug-likeness (QED) is 0.600. The molecule has 3 aromatic rings. The van der Waals surface area contributed by atoms with Crippen LogP contribution in [0.15, 0.2) is 36.5 Å². The fourth-order valence-electron chi connectivity index (χ4n) is 2.20. The summed E-state index contributed by atoms with van der Waals surface area (Å²) in [5, 5.41) is 11.0. The molecule has 0 saturated carbocycles. The van der Waals surface area contributed by atoms with Crippen LogP contribution in [0, 0.1) is 0 Å². The minimum Gasteiger partial charge on any atom is -0.491 e. The molecule has 0 aliphatic rings. The Balaban J connectivity index is 1.86. The average Bonchev–Trinajstić information content (AvgIpc) is 2.98. The van der Waals surface area contributed by atoms with Gasteiger partial charge in [0.15, 0.2) is 5.65 Å². The van der Waals surface area contributed by atoms with Crippen molar-refractivity contribution < 1.29 is 19.4 Å². The van der Waals surface area contributed by atoms with Gasteiger partial charge in [-0.25, -0.2) is 14.8 Å². The molecule has 0 saturated heterocycles. The Labute approximate surface area is 137 Å². The maximum absolute atomic E-state index is 10.7. The molecule has 1 aromatic carbocycles. The van der Waals surface area contributed by atoms with Gasteiger partial charge in [-0.2, -0.15) is 0 Å². The number of hydrogen-bond donors (Lipinski definition) is 3. The molecule has 0 atom stereocenters. The molecule has 0 unspecified atom stereocenters. The first-order valence-electron chi connectivity index (χ1n) is 7.23. The number of aromatic nitrogens is 3. The lowest BCUT2D eigenvalue weighted by Gasteiger charge is -2.06. The Morgan fingerprint density at radius 2 is 2.21 bits per heavy atom. The normalized spacial score (nSPS) is 10.7. The number of carbonyl (C=O) groups is 1. The summed E-state index contributed by atoms with van der Waals surface area (Å²) in [5.74, 6) is 1.34. The van der Waals surface area contributed by atoms with E-state index in [4.69, 9.17) is 14.6 Å². The van der Waals surface area contributed by atoms with E-state index in [0.717, 1.165) is 5.56 Å². The summed E-state index contributed by atoms with van der Waals surface area (Å²) in [6, 6.07) is 9.14. The van der Waals surface area contributed by atoms with Crippen LogP contribution < -0.4 is 10.1 Å². The summed E-state index contributed by atoms with van der Waals surface area (Å²) in [6.07, 6.45) is 0.280. The second kappa shape index (κ2) is 6.97. The summed E-state index contributed by atoms with van der Waals surface area (Å²) < 4.78 is 10.5. The third-order valence-corrected chi connectivity index (χ3v) is 3.25. The van der Waals surface area contributed by atoms with Gasteiger partial charge in [-0.3, -0.25) is 5.32 Å². The number of amides is 1. The monoisotopic (exact) mass is 328 g/mol. The van der Waals surface area contributed by atoms with Crippen molar-refractivity contribution in [2.24, 2.45) is 0 Å². The van der Waals surface area contributed by atoms with Gasteiger partial charge in [0.2, 0.25) is 0 Å². The largest absolute Gasteiger partial charge is 0.491 e. The lowest BCUT2D eigenvalue weighted by atomic mass is 10.2. The van der Waals surface area contributed by atoms with E-state index in [1.54, 1.807) is 13.2 Å². The number of pyridine rings is 1. The van der Waals surface area contributed by atoms with Crippen molar-refractivity contribution in [2.45, 2.75) is 0 Å². The zero-order valence-electron chi connectivity index (χ0n) is 12.9. The number of ether oxygens (including phenoxy) is 2. The van der Waals surface area contributed by atoms with Crippen LogP contribution in [0.4, 0.5) is 10.5 Å². The van der Waals surface area contributed by atoms with E-state index < -0.39 is 6.09 Å². The number of nitrogens with one attached hydrogen (secondary N) is 2. The van der Waals surface area contributed by atoms with E-state index >= 15 is 0 Å². The molecule has 1 amide bonds. The lowest BCUT2D eigenvalue weighted by Crippen LogP contribution is -2.07. The van der Waals surface area contributed by atoms with Crippen LogP contribution in [0.1, 0.15) is 0 Å². The first-order valence-corrected chi connectivity index (χ1v) is 7.23. The average molecular weight is 328 g/mol. The molecule has 2 heterocycles. The number of imidazole rings is 1. The summed E-state index contributed by atoms with van der Waals surface area (Å²) >= 11 is 0. The van der Waals surface area contributed by atoms with E-state index in [1.165, 1.54) is 6.20 Å². The molecule has 0 fully saturated rings. The van der Waals surface area contributed by atoms with E-state index in [0.29, 0.717) is 41.6 Å². The van der Waals surface area contributed by atoms with Crippen molar-refractivity contribution >= 4 is 22.9 Å². The van der Waals surface area contributed by atoms with Gasteiger partial charge < -0.3 is 19.6 Å². The maximum atomic E-state index is 10.7. The number of carboxylic acid groups (broad SMARTS) is 1. The lowest BCUT2D eigenvalue weighted by molar-refractivity contribution is 0.146. The fraction of sp³-hybridized carbons (Fsp3) is 0.188. The third-order valence-electron chi connectivity index (χ3n) is 3.25. The van der Waals surface area contributed by atoms with Crippen molar-refractivity contribution in [2.75, 3.05) is 25.6 Å². The molecule has 2 aromatic heterocycles. The summed E-state index contributed by atoms with van der Waals surface area (Å²) in [4.78, 5) is 22.4. The number of hydrogen-bond acceptors (Lipinski definition) is 5. The Morgan fingerprint density at radius 1 is 1.33 bits per heavy atom. The van der Waals surface area contributed by atoms with Crippen molar-refractivity contribution in [1.29, 1.82) is 0 Å². The zero-order chi connectivity index (χ0) is 16.9. The molecule has 124 valence electrons. The first-order chi connectivity index (χ1) is 11.7. The van der Waals surface area contributed by atoms with Gasteiger partial charge >= 0.3 is 6.09 Å². The summed E-state index contributed by atoms with van der Waals surface area (Å²) in [5.41, 5.74) is 2.37. The molecule has 24 heavy (non-hydrogen) atoms. The first kappa shape index (κ1) is 15.8. The van der Waals surface area contributed by atoms with E-state index in [2.05, 4.69) is 20.3 Å². The van der Waals surface area contributed by atoms with Crippen LogP contribution in [0.2, 0.25) is 0 Å². The standard InChI is InChI=1S/C16H16N4O4/c1-23-5-6-24-12-4-2-3-10(7-12)14-19-13-8-11(18-16(21)22)9-17-15(13)20-14/h2-4,7-9,18H,5-6H2,1H3,(H,21,22)(H,17,19,20). The molecule has 8 nitrogen and oxygen atoms in total. The van der Waals surface area contributed by atoms with E-state index in [9.17, 15) is 4.79 Å². The smallest absolute Gasteiger partial charge is 0.409 e. The van der Waals surface area contributed by atoms with Gasteiger partial charge in [0.1, 0.15) is 18.2 Å². The molecule has 3 rings (SSSR count). The molecule has 0 spiro atoms. The number of nitrogens with zero attached hydrogens (tertiary/aromatic N) is 2. The van der Waals surface area contributed by atoms with Crippen molar-refractivity contribution in [1.82, 2.24) is 15.0 Å². The van der Waals surface area contributed by atoms with Gasteiger partial charge in [0.25, 0.3) is 0 Å². The highest BCUT2D eigenvalue weighted by Gasteiger charge is 2.09. The number of methoxy groups -OCH3 is 1. The Hall–Kier alpha value is -3.13. The Bertz CT molecular complexity index is 862. The van der Waals surface area contributed by atoms with Crippen LogP contribution in [0.5, 0.6) is 5.75 Å². The highest BCUT2D eigenvalue weighted by molar-refractivity contribution is 5.86.